The number of halogens is 2. The minimum atomic E-state index is -0.201. The van der Waals surface area contributed by atoms with Crippen LogP contribution in [0.4, 0.5) is 4.39 Å². The fourth-order valence-corrected chi connectivity index (χ4v) is 3.67. The number of rotatable bonds is 4. The third kappa shape index (κ3) is 3.70. The number of hydrogen-bond acceptors (Lipinski definition) is 2. The zero-order valence-corrected chi connectivity index (χ0v) is 12.3. The van der Waals surface area contributed by atoms with Crippen molar-refractivity contribution in [1.82, 2.24) is 5.32 Å². The van der Waals surface area contributed by atoms with Crippen LogP contribution in [0.1, 0.15) is 24.9 Å². The SMILES string of the molecule is CC(NCC1CCSC1)c1ccc(F)c(Br)c1. The van der Waals surface area contributed by atoms with Gasteiger partial charge in [-0.2, -0.15) is 11.8 Å². The highest BCUT2D eigenvalue weighted by Gasteiger charge is 2.16. The van der Waals surface area contributed by atoms with Crippen LogP contribution in [0, 0.1) is 11.7 Å². The second-order valence-electron chi connectivity index (χ2n) is 4.53. The van der Waals surface area contributed by atoms with Crippen molar-refractivity contribution >= 4 is 27.7 Å². The molecule has 1 fully saturated rings. The van der Waals surface area contributed by atoms with Crippen LogP contribution >= 0.6 is 27.7 Å². The maximum atomic E-state index is 13.1. The average Bonchev–Trinajstić information content (AvgIpc) is 2.82. The van der Waals surface area contributed by atoms with Crippen molar-refractivity contribution in [2.24, 2.45) is 5.92 Å². The smallest absolute Gasteiger partial charge is 0.137 e. The second kappa shape index (κ2) is 6.21. The van der Waals surface area contributed by atoms with Gasteiger partial charge in [-0.1, -0.05) is 6.07 Å². The first-order valence-corrected chi connectivity index (χ1v) is 7.87. The third-order valence-corrected chi connectivity index (χ3v) is 5.02. The molecule has 1 aliphatic heterocycles. The first kappa shape index (κ1) is 13.4. The summed E-state index contributed by atoms with van der Waals surface area (Å²) in [5, 5.41) is 3.53. The molecule has 4 heteroatoms. The van der Waals surface area contributed by atoms with Gasteiger partial charge in [-0.3, -0.25) is 0 Å². The third-order valence-electron chi connectivity index (χ3n) is 3.18. The molecule has 0 saturated carbocycles. The van der Waals surface area contributed by atoms with Gasteiger partial charge in [0.2, 0.25) is 0 Å². The Kier molecular flexibility index (Phi) is 4.88. The van der Waals surface area contributed by atoms with Gasteiger partial charge in [0.25, 0.3) is 0 Å². The Bertz CT molecular complexity index is 380. The molecule has 0 aliphatic carbocycles. The van der Waals surface area contributed by atoms with Gasteiger partial charge in [-0.15, -0.1) is 0 Å². The fraction of sp³-hybridized carbons (Fsp3) is 0.538. The van der Waals surface area contributed by atoms with Crippen molar-refractivity contribution in [2.75, 3.05) is 18.1 Å². The number of hydrogen-bond donors (Lipinski definition) is 1. The topological polar surface area (TPSA) is 12.0 Å². The largest absolute Gasteiger partial charge is 0.310 e. The fourth-order valence-electron chi connectivity index (χ4n) is 1.99. The first-order valence-electron chi connectivity index (χ1n) is 5.93. The summed E-state index contributed by atoms with van der Waals surface area (Å²) in [6, 6.07) is 5.50. The van der Waals surface area contributed by atoms with E-state index in [4.69, 9.17) is 0 Å². The van der Waals surface area contributed by atoms with Crippen LogP contribution in [0.15, 0.2) is 22.7 Å². The van der Waals surface area contributed by atoms with E-state index < -0.39 is 0 Å². The molecule has 94 valence electrons. The molecule has 0 radical (unpaired) electrons. The minimum Gasteiger partial charge on any atom is -0.310 e. The highest BCUT2D eigenvalue weighted by atomic mass is 79.9. The summed E-state index contributed by atoms with van der Waals surface area (Å²) in [4.78, 5) is 0. The normalized spacial score (nSPS) is 21.7. The molecule has 1 heterocycles. The van der Waals surface area contributed by atoms with Crippen LogP contribution in [0.2, 0.25) is 0 Å². The zero-order chi connectivity index (χ0) is 12.3. The molecule has 1 N–H and O–H groups in total. The lowest BCUT2D eigenvalue weighted by molar-refractivity contribution is 0.477. The van der Waals surface area contributed by atoms with E-state index in [1.165, 1.54) is 24.0 Å². The maximum absolute atomic E-state index is 13.1. The second-order valence-corrected chi connectivity index (χ2v) is 6.54. The molecular formula is C13H17BrFNS. The van der Waals surface area contributed by atoms with Gasteiger partial charge in [0.05, 0.1) is 4.47 Å². The molecule has 0 spiro atoms. The van der Waals surface area contributed by atoms with Gasteiger partial charge in [0, 0.05) is 6.04 Å². The Morgan fingerprint density at radius 1 is 1.59 bits per heavy atom. The van der Waals surface area contributed by atoms with Crippen LogP contribution in [-0.2, 0) is 0 Å². The molecule has 0 aromatic heterocycles. The van der Waals surface area contributed by atoms with Crippen molar-refractivity contribution in [3.63, 3.8) is 0 Å². The van der Waals surface area contributed by atoms with Crippen LogP contribution in [0.3, 0.4) is 0 Å². The molecule has 2 unspecified atom stereocenters. The van der Waals surface area contributed by atoms with E-state index in [0.29, 0.717) is 4.47 Å². The molecule has 1 aromatic rings. The monoisotopic (exact) mass is 317 g/mol. The predicted molar refractivity (Wildman–Crippen MR) is 75.9 cm³/mol. The first-order chi connectivity index (χ1) is 8.16. The molecule has 0 amide bonds. The molecule has 1 nitrogen and oxygen atoms in total. The van der Waals surface area contributed by atoms with Crippen LogP contribution in [0.25, 0.3) is 0 Å². The lowest BCUT2D eigenvalue weighted by atomic mass is 10.1. The van der Waals surface area contributed by atoms with E-state index in [9.17, 15) is 4.39 Å². The Balaban J connectivity index is 1.89. The van der Waals surface area contributed by atoms with Gasteiger partial charge in [-0.25, -0.2) is 4.39 Å². The van der Waals surface area contributed by atoms with Crippen LogP contribution in [-0.4, -0.2) is 18.1 Å². The zero-order valence-electron chi connectivity index (χ0n) is 9.88. The van der Waals surface area contributed by atoms with Crippen molar-refractivity contribution < 1.29 is 4.39 Å². The lowest BCUT2D eigenvalue weighted by Crippen LogP contribution is -2.25. The number of thioether (sulfide) groups is 1. The van der Waals surface area contributed by atoms with E-state index in [2.05, 4.69) is 28.2 Å². The predicted octanol–water partition coefficient (Wildman–Crippen LogP) is 3.99. The Morgan fingerprint density at radius 2 is 2.41 bits per heavy atom. The minimum absolute atomic E-state index is 0.201. The van der Waals surface area contributed by atoms with Crippen molar-refractivity contribution in [2.45, 2.75) is 19.4 Å². The number of nitrogens with one attached hydrogen (secondary N) is 1. The molecule has 1 aliphatic rings. The molecule has 17 heavy (non-hydrogen) atoms. The summed E-state index contributed by atoms with van der Waals surface area (Å²) in [6.45, 7) is 3.19. The standard InChI is InChI=1S/C13H17BrFNS/c1-9(16-7-10-4-5-17-8-10)11-2-3-13(15)12(14)6-11/h2-3,6,9-10,16H,4-5,7-8H2,1H3. The van der Waals surface area contributed by atoms with Gasteiger partial charge in [-0.05, 0) is 70.9 Å². The lowest BCUT2D eigenvalue weighted by Gasteiger charge is -2.17. The van der Waals surface area contributed by atoms with E-state index >= 15 is 0 Å². The average molecular weight is 318 g/mol. The Labute approximate surface area is 115 Å². The Morgan fingerprint density at radius 3 is 3.06 bits per heavy atom. The van der Waals surface area contributed by atoms with Gasteiger partial charge >= 0.3 is 0 Å². The molecule has 0 bridgehead atoms. The van der Waals surface area contributed by atoms with E-state index in [-0.39, 0.29) is 11.9 Å². The summed E-state index contributed by atoms with van der Waals surface area (Å²) in [6.07, 6.45) is 1.32. The summed E-state index contributed by atoms with van der Waals surface area (Å²) >= 11 is 5.26. The summed E-state index contributed by atoms with van der Waals surface area (Å²) in [5.74, 6) is 3.16. The van der Waals surface area contributed by atoms with Crippen LogP contribution < -0.4 is 5.32 Å². The van der Waals surface area contributed by atoms with Gasteiger partial charge in [0.1, 0.15) is 5.82 Å². The van der Waals surface area contributed by atoms with E-state index in [0.717, 1.165) is 18.0 Å². The molecule has 2 rings (SSSR count). The van der Waals surface area contributed by atoms with Crippen LogP contribution in [0.5, 0.6) is 0 Å². The molecule has 1 aromatic carbocycles. The maximum Gasteiger partial charge on any atom is 0.137 e. The summed E-state index contributed by atoms with van der Waals surface area (Å²) < 4.78 is 13.7. The molecule has 2 atom stereocenters. The van der Waals surface area contributed by atoms with E-state index in [1.54, 1.807) is 0 Å². The molecule has 1 saturated heterocycles. The highest BCUT2D eigenvalue weighted by Crippen LogP contribution is 2.24. The molecular weight excluding hydrogens is 301 g/mol. The highest BCUT2D eigenvalue weighted by molar-refractivity contribution is 9.10. The quantitative estimate of drug-likeness (QED) is 0.901. The van der Waals surface area contributed by atoms with E-state index in [1.807, 2.05) is 23.9 Å². The summed E-state index contributed by atoms with van der Waals surface area (Å²) in [7, 11) is 0. The van der Waals surface area contributed by atoms with Crippen molar-refractivity contribution in [3.8, 4) is 0 Å². The van der Waals surface area contributed by atoms with Gasteiger partial charge < -0.3 is 5.32 Å². The Hall–Kier alpha value is -0.0600. The summed E-state index contributed by atoms with van der Waals surface area (Å²) in [5.41, 5.74) is 1.13. The van der Waals surface area contributed by atoms with Gasteiger partial charge in [0.15, 0.2) is 0 Å². The van der Waals surface area contributed by atoms with Crippen molar-refractivity contribution in [1.29, 1.82) is 0 Å². The van der Waals surface area contributed by atoms with Crippen molar-refractivity contribution in [3.05, 3.63) is 34.1 Å². The number of benzene rings is 1.